The molecule has 0 spiro atoms. The first kappa shape index (κ1) is 23.6. The van der Waals surface area contributed by atoms with Gasteiger partial charge in [0.15, 0.2) is 0 Å². The molecule has 0 bridgehead atoms. The van der Waals surface area contributed by atoms with Crippen LogP contribution >= 0.6 is 11.8 Å². The zero-order valence-electron chi connectivity index (χ0n) is 19.6. The number of anilines is 2. The predicted octanol–water partition coefficient (Wildman–Crippen LogP) is 3.18. The fourth-order valence-electron chi connectivity index (χ4n) is 4.03. The molecule has 11 heteroatoms. The van der Waals surface area contributed by atoms with Crippen molar-refractivity contribution in [1.82, 2.24) is 14.9 Å². The monoisotopic (exact) mass is 505 g/mol. The lowest BCUT2D eigenvalue weighted by atomic mass is 10.2. The number of pyridine rings is 2. The van der Waals surface area contributed by atoms with E-state index in [2.05, 4.69) is 15.3 Å². The quantitative estimate of drug-likeness (QED) is 0.508. The van der Waals surface area contributed by atoms with E-state index in [9.17, 15) is 14.4 Å². The summed E-state index contributed by atoms with van der Waals surface area (Å²) in [6.07, 6.45) is 3.81. The first-order valence-electron chi connectivity index (χ1n) is 11.2. The molecule has 3 aromatic rings. The van der Waals surface area contributed by atoms with Crippen molar-refractivity contribution in [3.8, 4) is 5.88 Å². The van der Waals surface area contributed by atoms with Crippen LogP contribution in [0.2, 0.25) is 0 Å². The maximum absolute atomic E-state index is 12.8. The summed E-state index contributed by atoms with van der Waals surface area (Å²) in [5.41, 5.74) is 3.36. The Hall–Kier alpha value is -4.12. The molecule has 10 nitrogen and oxygen atoms in total. The number of benzene rings is 1. The van der Waals surface area contributed by atoms with Crippen molar-refractivity contribution in [2.24, 2.45) is 0 Å². The summed E-state index contributed by atoms with van der Waals surface area (Å²) in [4.78, 5) is 49.7. The molecule has 1 N–H and O–H groups in total. The van der Waals surface area contributed by atoms with E-state index in [1.807, 2.05) is 18.2 Å². The van der Waals surface area contributed by atoms with Gasteiger partial charge in [-0.3, -0.25) is 19.5 Å². The van der Waals surface area contributed by atoms with Gasteiger partial charge in [-0.2, -0.15) is 0 Å². The molecule has 4 heterocycles. The number of nitrogens with zero attached hydrogens (tertiary/aromatic N) is 4. The Morgan fingerprint density at radius 1 is 1.31 bits per heavy atom. The summed E-state index contributed by atoms with van der Waals surface area (Å²) in [5.74, 6) is 0.512. The van der Waals surface area contributed by atoms with Crippen LogP contribution in [-0.2, 0) is 14.3 Å². The lowest BCUT2D eigenvalue weighted by Gasteiger charge is -2.20. The van der Waals surface area contributed by atoms with Gasteiger partial charge in [0.05, 0.1) is 42.7 Å². The zero-order valence-corrected chi connectivity index (χ0v) is 20.4. The van der Waals surface area contributed by atoms with Crippen molar-refractivity contribution in [2.75, 3.05) is 43.2 Å². The highest BCUT2D eigenvalue weighted by Gasteiger charge is 2.34. The molecule has 0 unspecified atom stereocenters. The second kappa shape index (κ2) is 9.86. The fourth-order valence-corrected chi connectivity index (χ4v) is 4.81. The standard InChI is InChI=1S/C25H23N5O5S/c1-29(23(32)8-3-15-9-10-26-18-5-7-22(34-2)28-24(15)18)12-17-13-30(25(33)35-17)16-4-6-20-19(11-16)27-21(31)14-36-20/h3-11,17H,12-14H2,1-2H3,(H,27,31)/b8-3+/t17-/m1/s1. The van der Waals surface area contributed by atoms with E-state index in [0.29, 0.717) is 40.6 Å². The van der Waals surface area contributed by atoms with Crippen LogP contribution in [0.15, 0.2) is 53.6 Å². The van der Waals surface area contributed by atoms with Gasteiger partial charge in [-0.05, 0) is 36.4 Å². The van der Waals surface area contributed by atoms with Gasteiger partial charge in [0.2, 0.25) is 17.7 Å². The van der Waals surface area contributed by atoms with Crippen molar-refractivity contribution in [3.63, 3.8) is 0 Å². The number of thioether (sulfide) groups is 1. The van der Waals surface area contributed by atoms with Crippen LogP contribution in [0.1, 0.15) is 5.56 Å². The molecule has 0 saturated carbocycles. The molecule has 1 fully saturated rings. The van der Waals surface area contributed by atoms with Crippen LogP contribution in [0, 0.1) is 0 Å². The van der Waals surface area contributed by atoms with Gasteiger partial charge < -0.3 is 19.7 Å². The minimum absolute atomic E-state index is 0.0746. The van der Waals surface area contributed by atoms with Gasteiger partial charge in [0.1, 0.15) is 6.10 Å². The number of fused-ring (bicyclic) bond motifs is 2. The number of hydrogen-bond donors (Lipinski definition) is 1. The first-order valence-corrected chi connectivity index (χ1v) is 12.2. The number of nitrogens with one attached hydrogen (secondary N) is 1. The maximum Gasteiger partial charge on any atom is 0.414 e. The van der Waals surface area contributed by atoms with E-state index in [1.54, 1.807) is 37.5 Å². The third-order valence-corrected chi connectivity index (χ3v) is 6.91. The summed E-state index contributed by atoms with van der Waals surface area (Å²) in [6.45, 7) is 0.519. The molecule has 1 atom stereocenters. The van der Waals surface area contributed by atoms with Crippen LogP contribution < -0.4 is 15.0 Å². The Kier molecular flexibility index (Phi) is 6.47. The van der Waals surface area contributed by atoms with E-state index in [4.69, 9.17) is 9.47 Å². The molecule has 2 aliphatic heterocycles. The second-order valence-electron chi connectivity index (χ2n) is 8.31. The SMILES string of the molecule is COc1ccc2nccc(/C=C/C(=O)N(C)C[C@@H]3CN(c4ccc5c(c4)NC(=O)CS5)C(=O)O3)c2n1. The van der Waals surface area contributed by atoms with E-state index in [1.165, 1.54) is 34.7 Å². The molecule has 1 saturated heterocycles. The Bertz CT molecular complexity index is 1390. The number of amides is 3. The summed E-state index contributed by atoms with van der Waals surface area (Å²) >= 11 is 1.46. The van der Waals surface area contributed by atoms with Gasteiger partial charge in [-0.15, -0.1) is 11.8 Å². The van der Waals surface area contributed by atoms with E-state index < -0.39 is 12.2 Å². The highest BCUT2D eigenvalue weighted by atomic mass is 32.2. The highest BCUT2D eigenvalue weighted by Crippen LogP contribution is 2.35. The van der Waals surface area contributed by atoms with Gasteiger partial charge in [-0.25, -0.2) is 9.78 Å². The number of ether oxygens (including phenoxy) is 2. The number of cyclic esters (lactones) is 1. The van der Waals surface area contributed by atoms with Gasteiger partial charge in [-0.1, -0.05) is 0 Å². The number of carbonyl (C=O) groups excluding carboxylic acids is 3. The second-order valence-corrected chi connectivity index (χ2v) is 9.32. The van der Waals surface area contributed by atoms with Gasteiger partial charge in [0.25, 0.3) is 0 Å². The largest absolute Gasteiger partial charge is 0.481 e. The predicted molar refractivity (Wildman–Crippen MR) is 136 cm³/mol. The fraction of sp³-hybridized carbons (Fsp3) is 0.240. The molecule has 36 heavy (non-hydrogen) atoms. The number of aromatic nitrogens is 2. The average molecular weight is 506 g/mol. The van der Waals surface area contributed by atoms with Crippen LogP contribution in [-0.4, -0.2) is 71.9 Å². The van der Waals surface area contributed by atoms with Crippen LogP contribution in [0.3, 0.4) is 0 Å². The van der Waals surface area contributed by atoms with Crippen molar-refractivity contribution in [2.45, 2.75) is 11.0 Å². The normalized spacial score (nSPS) is 17.2. The molecule has 2 aromatic heterocycles. The number of hydrogen-bond acceptors (Lipinski definition) is 8. The number of likely N-dealkylation sites (N-methyl/N-ethyl adjacent to an activating group) is 1. The minimum atomic E-state index is -0.493. The van der Waals surface area contributed by atoms with E-state index in [0.717, 1.165) is 10.5 Å². The molecular weight excluding hydrogens is 482 g/mol. The van der Waals surface area contributed by atoms with E-state index >= 15 is 0 Å². The third-order valence-electron chi connectivity index (χ3n) is 5.84. The number of methoxy groups -OCH3 is 1. The molecule has 5 rings (SSSR count). The lowest BCUT2D eigenvalue weighted by Crippen LogP contribution is -2.35. The zero-order chi connectivity index (χ0) is 25.2. The summed E-state index contributed by atoms with van der Waals surface area (Å²) in [5, 5.41) is 2.83. The van der Waals surface area contributed by atoms with Gasteiger partial charge in [0, 0.05) is 41.5 Å². The van der Waals surface area contributed by atoms with Crippen molar-refractivity contribution < 1.29 is 23.9 Å². The number of carbonyl (C=O) groups is 3. The summed E-state index contributed by atoms with van der Waals surface area (Å²) in [6, 6.07) is 10.8. The molecule has 0 radical (unpaired) electrons. The Morgan fingerprint density at radius 2 is 2.17 bits per heavy atom. The molecule has 1 aromatic carbocycles. The molecule has 3 amide bonds. The summed E-state index contributed by atoms with van der Waals surface area (Å²) in [7, 11) is 3.19. The lowest BCUT2D eigenvalue weighted by molar-refractivity contribution is -0.125. The van der Waals surface area contributed by atoms with Crippen molar-refractivity contribution in [3.05, 3.63) is 54.2 Å². The van der Waals surface area contributed by atoms with Crippen LogP contribution in [0.4, 0.5) is 16.2 Å². The Balaban J connectivity index is 1.24. The van der Waals surface area contributed by atoms with E-state index in [-0.39, 0.29) is 18.4 Å². The summed E-state index contributed by atoms with van der Waals surface area (Å²) < 4.78 is 10.7. The van der Waals surface area contributed by atoms with Crippen LogP contribution in [0.25, 0.3) is 17.1 Å². The number of rotatable bonds is 6. The molecule has 184 valence electrons. The van der Waals surface area contributed by atoms with Crippen molar-refractivity contribution >= 4 is 58.2 Å². The Morgan fingerprint density at radius 3 is 3.00 bits per heavy atom. The molecule has 2 aliphatic rings. The van der Waals surface area contributed by atoms with Crippen LogP contribution in [0.5, 0.6) is 5.88 Å². The average Bonchev–Trinajstić information content (AvgIpc) is 3.25. The maximum atomic E-state index is 12.8. The highest BCUT2D eigenvalue weighted by molar-refractivity contribution is 8.00. The molecular formula is C25H23N5O5S. The Labute approximate surface area is 211 Å². The van der Waals surface area contributed by atoms with Gasteiger partial charge >= 0.3 is 6.09 Å². The minimum Gasteiger partial charge on any atom is -0.481 e. The topological polar surface area (TPSA) is 114 Å². The smallest absolute Gasteiger partial charge is 0.414 e. The third kappa shape index (κ3) is 4.82. The van der Waals surface area contributed by atoms with Crippen molar-refractivity contribution in [1.29, 1.82) is 0 Å². The molecule has 0 aliphatic carbocycles. The first-order chi connectivity index (χ1) is 17.4.